The molecule has 0 aromatic carbocycles. The fourth-order valence-electron chi connectivity index (χ4n) is 1.27. The molecule has 0 fully saturated rings. The van der Waals surface area contributed by atoms with Crippen molar-refractivity contribution in [3.63, 3.8) is 0 Å². The summed E-state index contributed by atoms with van der Waals surface area (Å²) in [7, 11) is 0. The van der Waals surface area contributed by atoms with Crippen molar-refractivity contribution in [1.29, 1.82) is 0 Å². The highest BCUT2D eigenvalue weighted by Crippen LogP contribution is 2.26. The van der Waals surface area contributed by atoms with Gasteiger partial charge in [0.05, 0.1) is 0 Å². The van der Waals surface area contributed by atoms with Crippen LogP contribution >= 0.6 is 15.9 Å². The SMILES string of the molecule is Cc1cncc(Br)c1C(C)C. The van der Waals surface area contributed by atoms with Crippen LogP contribution in [-0.2, 0) is 0 Å². The fourth-order valence-corrected chi connectivity index (χ4v) is 2.16. The molecule has 0 saturated carbocycles. The number of halogens is 1. The first kappa shape index (κ1) is 8.72. The number of aromatic nitrogens is 1. The molecule has 0 saturated heterocycles. The van der Waals surface area contributed by atoms with E-state index in [1.807, 2.05) is 12.4 Å². The van der Waals surface area contributed by atoms with Crippen LogP contribution in [0.15, 0.2) is 16.9 Å². The molecule has 1 nitrogen and oxygen atoms in total. The van der Waals surface area contributed by atoms with Crippen molar-refractivity contribution in [2.24, 2.45) is 0 Å². The lowest BCUT2D eigenvalue weighted by Crippen LogP contribution is -1.94. The van der Waals surface area contributed by atoms with Crippen molar-refractivity contribution in [1.82, 2.24) is 4.98 Å². The summed E-state index contributed by atoms with van der Waals surface area (Å²) in [5.41, 5.74) is 2.62. The Bertz CT molecular complexity index is 235. The molecule has 0 amide bonds. The van der Waals surface area contributed by atoms with Gasteiger partial charge in [-0.05, 0) is 39.9 Å². The molecular weight excluding hydrogens is 202 g/mol. The first-order valence-corrected chi connectivity index (χ1v) is 4.52. The largest absolute Gasteiger partial charge is 0.263 e. The number of aryl methyl sites for hydroxylation is 1. The summed E-state index contributed by atoms with van der Waals surface area (Å²) in [4.78, 5) is 4.08. The Morgan fingerprint density at radius 2 is 2.00 bits per heavy atom. The summed E-state index contributed by atoms with van der Waals surface area (Å²) >= 11 is 3.49. The molecule has 0 bridgehead atoms. The van der Waals surface area contributed by atoms with Gasteiger partial charge in [-0.3, -0.25) is 4.98 Å². The van der Waals surface area contributed by atoms with Crippen LogP contribution in [0.2, 0.25) is 0 Å². The zero-order valence-electron chi connectivity index (χ0n) is 7.06. The van der Waals surface area contributed by atoms with Crippen molar-refractivity contribution in [3.05, 3.63) is 28.0 Å². The average molecular weight is 214 g/mol. The van der Waals surface area contributed by atoms with E-state index in [0.29, 0.717) is 5.92 Å². The van der Waals surface area contributed by atoms with Crippen LogP contribution in [-0.4, -0.2) is 4.98 Å². The van der Waals surface area contributed by atoms with Crippen molar-refractivity contribution < 1.29 is 0 Å². The molecule has 0 spiro atoms. The minimum absolute atomic E-state index is 0.562. The molecule has 1 rings (SSSR count). The van der Waals surface area contributed by atoms with E-state index < -0.39 is 0 Å². The van der Waals surface area contributed by atoms with Crippen LogP contribution < -0.4 is 0 Å². The standard InChI is InChI=1S/C9H12BrN/c1-6(2)9-7(3)4-11-5-8(9)10/h4-6H,1-3H3. The van der Waals surface area contributed by atoms with E-state index in [-0.39, 0.29) is 0 Å². The van der Waals surface area contributed by atoms with E-state index in [0.717, 1.165) is 4.47 Å². The lowest BCUT2D eigenvalue weighted by molar-refractivity contribution is 0.845. The molecule has 0 unspecified atom stereocenters. The number of hydrogen-bond acceptors (Lipinski definition) is 1. The topological polar surface area (TPSA) is 12.9 Å². The Balaban J connectivity index is 3.21. The molecule has 1 heterocycles. The molecule has 0 aliphatic rings. The summed E-state index contributed by atoms with van der Waals surface area (Å²) in [5.74, 6) is 0.562. The van der Waals surface area contributed by atoms with Crippen LogP contribution in [0.1, 0.15) is 30.9 Å². The summed E-state index contributed by atoms with van der Waals surface area (Å²) in [6.45, 7) is 6.47. The maximum absolute atomic E-state index is 4.08. The highest BCUT2D eigenvalue weighted by Gasteiger charge is 2.06. The minimum atomic E-state index is 0.562. The van der Waals surface area contributed by atoms with E-state index >= 15 is 0 Å². The molecular formula is C9H12BrN. The maximum Gasteiger partial charge on any atom is 0.0413 e. The minimum Gasteiger partial charge on any atom is -0.263 e. The summed E-state index contributed by atoms with van der Waals surface area (Å²) in [6.07, 6.45) is 3.75. The number of rotatable bonds is 1. The lowest BCUT2D eigenvalue weighted by Gasteiger charge is -2.10. The van der Waals surface area contributed by atoms with Gasteiger partial charge in [0.2, 0.25) is 0 Å². The quantitative estimate of drug-likeness (QED) is 0.699. The van der Waals surface area contributed by atoms with Gasteiger partial charge in [0, 0.05) is 16.9 Å². The molecule has 0 radical (unpaired) electrons. The summed E-state index contributed by atoms with van der Waals surface area (Å²) in [5, 5.41) is 0. The average Bonchev–Trinajstić information content (AvgIpc) is 1.85. The van der Waals surface area contributed by atoms with Crippen molar-refractivity contribution in [2.75, 3.05) is 0 Å². The molecule has 2 heteroatoms. The van der Waals surface area contributed by atoms with E-state index in [9.17, 15) is 0 Å². The first-order chi connectivity index (χ1) is 5.13. The van der Waals surface area contributed by atoms with Crippen LogP contribution in [0.5, 0.6) is 0 Å². The highest BCUT2D eigenvalue weighted by atomic mass is 79.9. The second-order valence-electron chi connectivity index (χ2n) is 3.01. The van der Waals surface area contributed by atoms with Crippen LogP contribution in [0.4, 0.5) is 0 Å². The predicted octanol–water partition coefficient (Wildman–Crippen LogP) is 3.28. The Hall–Kier alpha value is -0.370. The summed E-state index contributed by atoms with van der Waals surface area (Å²) < 4.78 is 1.12. The van der Waals surface area contributed by atoms with E-state index in [1.165, 1.54) is 11.1 Å². The van der Waals surface area contributed by atoms with Crippen LogP contribution in [0.3, 0.4) is 0 Å². The lowest BCUT2D eigenvalue weighted by atomic mass is 10.0. The molecule has 0 aliphatic heterocycles. The third-order valence-electron chi connectivity index (χ3n) is 1.72. The molecule has 1 aromatic heterocycles. The van der Waals surface area contributed by atoms with Gasteiger partial charge in [0.1, 0.15) is 0 Å². The van der Waals surface area contributed by atoms with Gasteiger partial charge in [-0.15, -0.1) is 0 Å². The third-order valence-corrected chi connectivity index (χ3v) is 2.35. The van der Waals surface area contributed by atoms with Gasteiger partial charge in [-0.2, -0.15) is 0 Å². The smallest absolute Gasteiger partial charge is 0.0413 e. The molecule has 60 valence electrons. The van der Waals surface area contributed by atoms with Crippen molar-refractivity contribution >= 4 is 15.9 Å². The Morgan fingerprint density at radius 3 is 2.36 bits per heavy atom. The van der Waals surface area contributed by atoms with Crippen LogP contribution in [0, 0.1) is 6.92 Å². The zero-order valence-corrected chi connectivity index (χ0v) is 8.64. The molecule has 1 aromatic rings. The normalized spacial score (nSPS) is 10.6. The Morgan fingerprint density at radius 1 is 1.36 bits per heavy atom. The first-order valence-electron chi connectivity index (χ1n) is 3.73. The van der Waals surface area contributed by atoms with E-state index in [2.05, 4.69) is 41.7 Å². The van der Waals surface area contributed by atoms with Gasteiger partial charge in [0.15, 0.2) is 0 Å². The van der Waals surface area contributed by atoms with Gasteiger partial charge >= 0.3 is 0 Å². The monoisotopic (exact) mass is 213 g/mol. The molecule has 0 atom stereocenters. The van der Waals surface area contributed by atoms with Crippen LogP contribution in [0.25, 0.3) is 0 Å². The number of hydrogen-bond donors (Lipinski definition) is 0. The number of pyridine rings is 1. The van der Waals surface area contributed by atoms with E-state index in [4.69, 9.17) is 0 Å². The van der Waals surface area contributed by atoms with Gasteiger partial charge < -0.3 is 0 Å². The highest BCUT2D eigenvalue weighted by molar-refractivity contribution is 9.10. The second-order valence-corrected chi connectivity index (χ2v) is 3.86. The van der Waals surface area contributed by atoms with Gasteiger partial charge in [0.25, 0.3) is 0 Å². The molecule has 0 aliphatic carbocycles. The molecule has 0 N–H and O–H groups in total. The zero-order chi connectivity index (χ0) is 8.43. The second kappa shape index (κ2) is 3.35. The van der Waals surface area contributed by atoms with Gasteiger partial charge in [-0.25, -0.2) is 0 Å². The maximum atomic E-state index is 4.08. The Labute approximate surface area is 76.0 Å². The predicted molar refractivity (Wildman–Crippen MR) is 50.8 cm³/mol. The third kappa shape index (κ3) is 1.80. The fraction of sp³-hybridized carbons (Fsp3) is 0.444. The van der Waals surface area contributed by atoms with E-state index in [1.54, 1.807) is 0 Å². The van der Waals surface area contributed by atoms with Crippen molar-refractivity contribution in [2.45, 2.75) is 26.7 Å². The number of nitrogens with zero attached hydrogens (tertiary/aromatic N) is 1. The Kier molecular flexibility index (Phi) is 2.66. The summed E-state index contributed by atoms with van der Waals surface area (Å²) in [6, 6.07) is 0. The molecule has 11 heavy (non-hydrogen) atoms. The van der Waals surface area contributed by atoms with Gasteiger partial charge in [-0.1, -0.05) is 13.8 Å². The van der Waals surface area contributed by atoms with Crippen molar-refractivity contribution in [3.8, 4) is 0 Å².